The quantitative estimate of drug-likeness (QED) is 0.227. The predicted octanol–water partition coefficient (Wildman–Crippen LogP) is 5.57. The van der Waals surface area contributed by atoms with E-state index in [0.717, 1.165) is 6.04 Å². The van der Waals surface area contributed by atoms with E-state index in [0.29, 0.717) is 43.4 Å². The molecule has 0 radical (unpaired) electrons. The van der Waals surface area contributed by atoms with E-state index in [9.17, 15) is 26.8 Å². The van der Waals surface area contributed by atoms with E-state index in [1.54, 1.807) is 29.8 Å². The van der Waals surface area contributed by atoms with Crippen molar-refractivity contribution in [1.82, 2.24) is 19.7 Å². The molecule has 0 saturated heterocycles. The van der Waals surface area contributed by atoms with Gasteiger partial charge >= 0.3 is 0 Å². The molecule has 1 aromatic carbocycles. The Morgan fingerprint density at radius 1 is 1.18 bits per heavy atom. The molecule has 9 nitrogen and oxygen atoms in total. The third-order valence-corrected chi connectivity index (χ3v) is 12.4. The summed E-state index contributed by atoms with van der Waals surface area (Å²) in [4.78, 5) is 27.6. The Bertz CT molecular complexity index is 1720. The van der Waals surface area contributed by atoms with Gasteiger partial charge in [-0.3, -0.25) is 9.59 Å². The van der Waals surface area contributed by atoms with Crippen molar-refractivity contribution in [3.8, 4) is 0 Å². The molecule has 1 saturated carbocycles. The zero-order chi connectivity index (χ0) is 32.0. The summed E-state index contributed by atoms with van der Waals surface area (Å²) >= 11 is 0. The number of amides is 1. The molecule has 0 unspecified atom stereocenters. The van der Waals surface area contributed by atoms with Gasteiger partial charge in [0, 0.05) is 51.4 Å². The second kappa shape index (κ2) is 12.1. The number of sulfone groups is 1. The van der Waals surface area contributed by atoms with Crippen LogP contribution >= 0.6 is 0 Å². The number of alkyl halides is 2. The van der Waals surface area contributed by atoms with E-state index >= 15 is 0 Å². The molecular formula is C31H42F2N4O5SSi. The number of aromatic nitrogens is 3. The van der Waals surface area contributed by atoms with Crippen LogP contribution in [-0.2, 0) is 33.6 Å². The fourth-order valence-corrected chi connectivity index (χ4v) is 8.25. The average molecular weight is 649 g/mol. The Morgan fingerprint density at radius 2 is 1.89 bits per heavy atom. The maximum Gasteiger partial charge on any atom is 0.273 e. The highest BCUT2D eigenvalue weighted by Gasteiger charge is 2.40. The highest BCUT2D eigenvalue weighted by molar-refractivity contribution is 7.91. The van der Waals surface area contributed by atoms with Crippen molar-refractivity contribution < 1.29 is 26.7 Å². The van der Waals surface area contributed by atoms with Gasteiger partial charge in [-0.1, -0.05) is 37.8 Å². The van der Waals surface area contributed by atoms with Gasteiger partial charge in [-0.2, -0.15) is 5.10 Å². The molecule has 1 fully saturated rings. The van der Waals surface area contributed by atoms with Crippen LogP contribution in [0.2, 0.25) is 25.7 Å². The predicted molar refractivity (Wildman–Crippen MR) is 169 cm³/mol. The molecule has 2 heterocycles. The van der Waals surface area contributed by atoms with Crippen molar-refractivity contribution in [2.75, 3.05) is 12.9 Å². The molecule has 13 heteroatoms. The summed E-state index contributed by atoms with van der Waals surface area (Å²) in [7, 11) is -4.49. The standard InChI is InChI=1S/C31H42F2N4O5SSi/c1-20(23-7-6-8-27-24(23)13-14-31(27,32)33)34-29(38)25-18-37(21-9-11-22(12-10-21)43(2,40)41)30(39)26-17-36(35-28(25)26)19-42-15-16-44(3,4)5/h6-8,17-18,20-22H,9-16,19H2,1-5H3,(H,34,38)/t20-,21?,22?/m1/s1. The van der Waals surface area contributed by atoms with Gasteiger partial charge in [0.2, 0.25) is 0 Å². The van der Waals surface area contributed by atoms with E-state index in [1.807, 2.05) is 0 Å². The number of halogens is 2. The van der Waals surface area contributed by atoms with Gasteiger partial charge in [-0.05, 0) is 56.2 Å². The Morgan fingerprint density at radius 3 is 2.55 bits per heavy atom. The molecule has 0 aliphatic heterocycles. The maximum atomic E-state index is 14.4. The minimum atomic E-state index is -3.19. The molecular weight excluding hydrogens is 607 g/mol. The first-order valence-corrected chi connectivity index (χ1v) is 20.9. The van der Waals surface area contributed by atoms with Crippen molar-refractivity contribution in [2.24, 2.45) is 0 Å². The summed E-state index contributed by atoms with van der Waals surface area (Å²) in [5.74, 6) is -3.37. The molecule has 1 N–H and O–H groups in total. The van der Waals surface area contributed by atoms with Crippen LogP contribution in [0, 0.1) is 0 Å². The number of carbonyl (C=O) groups is 1. The summed E-state index contributed by atoms with van der Waals surface area (Å²) < 4.78 is 62.0. The van der Waals surface area contributed by atoms with Crippen LogP contribution in [0.25, 0.3) is 10.9 Å². The number of pyridine rings is 1. The third kappa shape index (κ3) is 6.84. The normalized spacial score (nSPS) is 20.9. The molecule has 1 atom stereocenters. The first-order valence-electron chi connectivity index (χ1n) is 15.2. The highest BCUT2D eigenvalue weighted by Crippen LogP contribution is 2.44. The Hall–Kier alpha value is -2.90. The van der Waals surface area contributed by atoms with E-state index in [4.69, 9.17) is 4.74 Å². The summed E-state index contributed by atoms with van der Waals surface area (Å²) in [5, 5.41) is 7.35. The minimum Gasteiger partial charge on any atom is -0.360 e. The molecule has 240 valence electrons. The van der Waals surface area contributed by atoms with Gasteiger partial charge < -0.3 is 14.6 Å². The molecule has 44 heavy (non-hydrogen) atoms. The number of nitrogens with one attached hydrogen (secondary N) is 1. The van der Waals surface area contributed by atoms with Gasteiger partial charge in [0.25, 0.3) is 17.4 Å². The number of fused-ring (bicyclic) bond motifs is 2. The maximum absolute atomic E-state index is 14.4. The second-order valence-electron chi connectivity index (χ2n) is 13.6. The van der Waals surface area contributed by atoms with Crippen molar-refractivity contribution in [1.29, 1.82) is 0 Å². The third-order valence-electron chi connectivity index (χ3n) is 8.97. The summed E-state index contributed by atoms with van der Waals surface area (Å²) in [6.07, 6.45) is 6.15. The lowest BCUT2D eigenvalue weighted by molar-refractivity contribution is -0.00185. The van der Waals surface area contributed by atoms with Crippen molar-refractivity contribution in [3.05, 3.63) is 63.2 Å². The van der Waals surface area contributed by atoms with Crippen LogP contribution in [0.3, 0.4) is 0 Å². The number of nitrogens with zero attached hydrogens (tertiary/aromatic N) is 3. The lowest BCUT2D eigenvalue weighted by Crippen LogP contribution is -2.34. The monoisotopic (exact) mass is 648 g/mol. The number of benzene rings is 1. The van der Waals surface area contributed by atoms with Crippen molar-refractivity contribution >= 4 is 34.7 Å². The molecule has 2 aliphatic carbocycles. The molecule has 2 aromatic heterocycles. The number of hydrogen-bond acceptors (Lipinski definition) is 6. The largest absolute Gasteiger partial charge is 0.360 e. The molecule has 0 bridgehead atoms. The van der Waals surface area contributed by atoms with Gasteiger partial charge in [-0.15, -0.1) is 0 Å². The Balaban J connectivity index is 1.46. The second-order valence-corrected chi connectivity index (χ2v) is 21.5. The van der Waals surface area contributed by atoms with Crippen molar-refractivity contribution in [2.45, 2.75) is 101 Å². The zero-order valence-electron chi connectivity index (χ0n) is 26.0. The molecule has 5 rings (SSSR count). The van der Waals surface area contributed by atoms with Gasteiger partial charge in [-0.25, -0.2) is 21.9 Å². The highest BCUT2D eigenvalue weighted by atomic mass is 32.2. The van der Waals surface area contributed by atoms with Gasteiger partial charge in [0.1, 0.15) is 22.1 Å². The van der Waals surface area contributed by atoms with Crippen molar-refractivity contribution in [3.63, 3.8) is 0 Å². The summed E-state index contributed by atoms with van der Waals surface area (Å²) in [5.41, 5.74) is 1.32. The summed E-state index contributed by atoms with van der Waals surface area (Å²) in [6, 6.07) is 4.91. The van der Waals surface area contributed by atoms with Crippen LogP contribution in [0.4, 0.5) is 8.78 Å². The smallest absolute Gasteiger partial charge is 0.273 e. The van der Waals surface area contributed by atoms with Crippen LogP contribution in [0.15, 0.2) is 35.4 Å². The lowest BCUT2D eigenvalue weighted by atomic mass is 9.94. The van der Waals surface area contributed by atoms with Gasteiger partial charge in [0.15, 0.2) is 0 Å². The Labute approximate surface area is 257 Å². The molecule has 3 aromatic rings. The number of rotatable bonds is 10. The molecule has 2 aliphatic rings. The number of hydrogen-bond donors (Lipinski definition) is 1. The number of ether oxygens (including phenoxy) is 1. The molecule has 1 amide bonds. The first kappa shape index (κ1) is 32.5. The lowest BCUT2D eigenvalue weighted by Gasteiger charge is -2.29. The fourth-order valence-electron chi connectivity index (χ4n) is 6.37. The van der Waals surface area contributed by atoms with Gasteiger partial charge in [0.05, 0.1) is 22.2 Å². The SMILES string of the molecule is C[C@@H](NC(=O)c1cn(C2CCC(S(C)(=O)=O)CC2)c(=O)c2cn(COCC[Si](C)(C)C)nc12)c1cccc2c1CCC2(F)F. The minimum absolute atomic E-state index is 0.00426. The Kier molecular flexibility index (Phi) is 8.95. The number of carbonyl (C=O) groups excluding carboxylic acids is 1. The van der Waals surface area contributed by atoms with E-state index < -0.39 is 41.0 Å². The van der Waals surface area contributed by atoms with Crippen LogP contribution in [0.1, 0.15) is 78.2 Å². The first-order chi connectivity index (χ1) is 20.5. The van der Waals surface area contributed by atoms with E-state index in [2.05, 4.69) is 30.1 Å². The van der Waals surface area contributed by atoms with Crippen LogP contribution < -0.4 is 10.9 Å². The fraction of sp³-hybridized carbons (Fsp3) is 0.581. The molecule has 0 spiro atoms. The zero-order valence-corrected chi connectivity index (χ0v) is 27.8. The topological polar surface area (TPSA) is 112 Å². The average Bonchev–Trinajstić information content (AvgIpc) is 3.51. The van der Waals surface area contributed by atoms with E-state index in [-0.39, 0.29) is 53.2 Å². The van der Waals surface area contributed by atoms with Crippen LogP contribution in [-0.4, -0.2) is 54.9 Å². The van der Waals surface area contributed by atoms with E-state index in [1.165, 1.54) is 23.2 Å². The van der Waals surface area contributed by atoms with Crippen LogP contribution in [0.5, 0.6) is 0 Å². The summed E-state index contributed by atoms with van der Waals surface area (Å²) in [6.45, 7) is 9.21.